The molecule has 1 heterocycles. The molecule has 158 valence electrons. The minimum Gasteiger partial charge on any atom is -0.378 e. The molecule has 2 N–H and O–H groups in total. The topological polar surface area (TPSA) is 105 Å². The molecule has 0 saturated carbocycles. The zero-order valence-corrected chi connectivity index (χ0v) is 18.0. The van der Waals surface area contributed by atoms with E-state index in [1.165, 1.54) is 25.0 Å². The molecule has 1 atom stereocenters. The second-order valence-corrected chi connectivity index (χ2v) is 9.83. The monoisotopic (exact) mass is 412 g/mol. The molecule has 1 aromatic carbocycles. The van der Waals surface area contributed by atoms with Gasteiger partial charge in [-0.25, -0.2) is 13.1 Å². The van der Waals surface area contributed by atoms with Crippen LogP contribution in [0.5, 0.6) is 0 Å². The van der Waals surface area contributed by atoms with Crippen LogP contribution in [0.3, 0.4) is 0 Å². The quantitative estimate of drug-likeness (QED) is 0.452. The molecule has 1 aliphatic rings. The van der Waals surface area contributed by atoms with Crippen LogP contribution in [0.2, 0.25) is 0 Å². The van der Waals surface area contributed by atoms with Crippen LogP contribution in [-0.2, 0) is 10.0 Å². The van der Waals surface area contributed by atoms with Crippen molar-refractivity contribution in [1.82, 2.24) is 9.62 Å². The Morgan fingerprint density at radius 2 is 1.82 bits per heavy atom. The Bertz CT molecular complexity index is 774. The van der Waals surface area contributed by atoms with E-state index in [0.717, 1.165) is 25.6 Å². The smallest absolute Gasteiger partial charge is 0.293 e. The molecular formula is C19H32N4O4S. The Labute approximate surface area is 167 Å². The van der Waals surface area contributed by atoms with Crippen molar-refractivity contribution >= 4 is 21.4 Å². The third-order valence-corrected chi connectivity index (χ3v) is 6.45. The summed E-state index contributed by atoms with van der Waals surface area (Å²) < 4.78 is 27.1. The van der Waals surface area contributed by atoms with Crippen molar-refractivity contribution in [2.24, 2.45) is 5.92 Å². The second-order valence-electron chi connectivity index (χ2n) is 8.12. The number of rotatable bonds is 10. The Morgan fingerprint density at radius 1 is 1.18 bits per heavy atom. The molecule has 1 aliphatic heterocycles. The van der Waals surface area contributed by atoms with Gasteiger partial charge in [0, 0.05) is 24.7 Å². The van der Waals surface area contributed by atoms with Gasteiger partial charge < -0.3 is 5.32 Å². The third kappa shape index (κ3) is 6.15. The molecule has 2 rings (SSSR count). The van der Waals surface area contributed by atoms with Crippen LogP contribution in [0.4, 0.5) is 11.4 Å². The lowest BCUT2D eigenvalue weighted by molar-refractivity contribution is -0.384. The van der Waals surface area contributed by atoms with E-state index in [1.807, 2.05) is 0 Å². The molecule has 8 nitrogen and oxygen atoms in total. The summed E-state index contributed by atoms with van der Waals surface area (Å²) in [7, 11) is -3.78. The number of nitrogens with one attached hydrogen (secondary N) is 2. The predicted octanol–water partition coefficient (Wildman–Crippen LogP) is 3.20. The molecule has 1 saturated heterocycles. The van der Waals surface area contributed by atoms with E-state index < -0.39 is 14.9 Å². The maximum Gasteiger partial charge on any atom is 0.293 e. The van der Waals surface area contributed by atoms with Gasteiger partial charge in [0.1, 0.15) is 5.69 Å². The largest absolute Gasteiger partial charge is 0.378 e. The molecule has 9 heteroatoms. The van der Waals surface area contributed by atoms with Gasteiger partial charge in [0.2, 0.25) is 10.0 Å². The normalized spacial score (nSPS) is 16.6. The lowest BCUT2D eigenvalue weighted by Gasteiger charge is -2.29. The molecule has 1 unspecified atom stereocenters. The summed E-state index contributed by atoms with van der Waals surface area (Å²) in [5, 5.41) is 14.7. The first-order chi connectivity index (χ1) is 13.1. The van der Waals surface area contributed by atoms with Crippen LogP contribution in [-0.4, -0.2) is 50.0 Å². The van der Waals surface area contributed by atoms with Crippen molar-refractivity contribution in [3.63, 3.8) is 0 Å². The van der Waals surface area contributed by atoms with Crippen molar-refractivity contribution in [2.45, 2.75) is 63.9 Å². The van der Waals surface area contributed by atoms with Crippen LogP contribution in [0.25, 0.3) is 0 Å². The zero-order chi connectivity index (χ0) is 20.9. The Hall–Kier alpha value is -1.71. The number of sulfonamides is 1. The molecule has 0 amide bonds. The molecule has 1 fully saturated rings. The molecule has 28 heavy (non-hydrogen) atoms. The highest BCUT2D eigenvalue weighted by atomic mass is 32.2. The van der Waals surface area contributed by atoms with Crippen molar-refractivity contribution in [2.75, 3.05) is 25.0 Å². The van der Waals surface area contributed by atoms with Gasteiger partial charge in [0.05, 0.1) is 9.82 Å². The number of hydrogen-bond acceptors (Lipinski definition) is 6. The van der Waals surface area contributed by atoms with E-state index in [2.05, 4.69) is 28.8 Å². The average Bonchev–Trinajstić information content (AvgIpc) is 3.11. The number of nitro benzene ring substituents is 1. The lowest BCUT2D eigenvalue weighted by atomic mass is 10.0. The summed E-state index contributed by atoms with van der Waals surface area (Å²) in [6, 6.07) is 4.03. The van der Waals surface area contributed by atoms with E-state index in [4.69, 9.17) is 0 Å². The first kappa shape index (κ1) is 22.6. The molecule has 0 aromatic heterocycles. The minimum atomic E-state index is -3.78. The Kier molecular flexibility index (Phi) is 7.79. The summed E-state index contributed by atoms with van der Waals surface area (Å²) in [5.41, 5.74) is 0.123. The predicted molar refractivity (Wildman–Crippen MR) is 111 cm³/mol. The van der Waals surface area contributed by atoms with Crippen LogP contribution in [0.15, 0.2) is 23.1 Å². The summed E-state index contributed by atoms with van der Waals surface area (Å²) >= 11 is 0. The fraction of sp³-hybridized carbons (Fsp3) is 0.684. The fourth-order valence-electron chi connectivity index (χ4n) is 3.60. The first-order valence-electron chi connectivity index (χ1n) is 9.89. The Balaban J connectivity index is 2.21. The minimum absolute atomic E-state index is 0.100. The molecule has 1 aromatic rings. The highest BCUT2D eigenvalue weighted by molar-refractivity contribution is 7.89. The van der Waals surface area contributed by atoms with Gasteiger partial charge >= 0.3 is 0 Å². The van der Waals surface area contributed by atoms with Crippen LogP contribution < -0.4 is 10.0 Å². The summed E-state index contributed by atoms with van der Waals surface area (Å²) in [4.78, 5) is 13.3. The SMILES string of the molecule is CC(C)CC(CNc1ccc(S(=O)(=O)NC(C)C)cc1[N+](=O)[O-])N1CCCC1. The Morgan fingerprint density at radius 3 is 2.36 bits per heavy atom. The van der Waals surface area contributed by atoms with E-state index in [1.54, 1.807) is 13.8 Å². The highest BCUT2D eigenvalue weighted by Gasteiger charge is 2.25. The van der Waals surface area contributed by atoms with Crippen LogP contribution in [0.1, 0.15) is 47.0 Å². The van der Waals surface area contributed by atoms with Gasteiger partial charge in [-0.2, -0.15) is 0 Å². The first-order valence-corrected chi connectivity index (χ1v) is 11.4. The van der Waals surface area contributed by atoms with Gasteiger partial charge in [-0.3, -0.25) is 15.0 Å². The zero-order valence-electron chi connectivity index (χ0n) is 17.1. The number of hydrogen-bond donors (Lipinski definition) is 2. The summed E-state index contributed by atoms with van der Waals surface area (Å²) in [5.74, 6) is 0.525. The average molecular weight is 413 g/mol. The maximum absolute atomic E-state index is 12.3. The van der Waals surface area contributed by atoms with Gasteiger partial charge in [-0.15, -0.1) is 0 Å². The number of benzene rings is 1. The van der Waals surface area contributed by atoms with Gasteiger partial charge in [0.25, 0.3) is 5.69 Å². The molecule has 0 radical (unpaired) electrons. The van der Waals surface area contributed by atoms with Gasteiger partial charge in [-0.05, 0) is 64.3 Å². The number of anilines is 1. The highest BCUT2D eigenvalue weighted by Crippen LogP contribution is 2.28. The lowest BCUT2D eigenvalue weighted by Crippen LogP contribution is -2.39. The van der Waals surface area contributed by atoms with Crippen LogP contribution in [0, 0.1) is 16.0 Å². The fourth-order valence-corrected chi connectivity index (χ4v) is 4.87. The van der Waals surface area contributed by atoms with Crippen molar-refractivity contribution in [1.29, 1.82) is 0 Å². The van der Waals surface area contributed by atoms with Gasteiger partial charge in [-0.1, -0.05) is 13.8 Å². The van der Waals surface area contributed by atoms with Crippen molar-refractivity contribution < 1.29 is 13.3 Å². The molecular weight excluding hydrogens is 380 g/mol. The molecule has 0 aliphatic carbocycles. The summed E-state index contributed by atoms with van der Waals surface area (Å²) in [6.45, 7) is 10.5. The van der Waals surface area contributed by atoms with Crippen molar-refractivity contribution in [3.8, 4) is 0 Å². The third-order valence-electron chi connectivity index (χ3n) is 4.80. The van der Waals surface area contributed by atoms with E-state index >= 15 is 0 Å². The second kappa shape index (κ2) is 9.67. The number of likely N-dealkylation sites (tertiary alicyclic amines) is 1. The summed E-state index contributed by atoms with van der Waals surface area (Å²) in [6.07, 6.45) is 3.37. The van der Waals surface area contributed by atoms with E-state index in [-0.39, 0.29) is 16.6 Å². The standard InChI is InChI=1S/C19H32N4O4S/c1-14(2)11-16(22-9-5-6-10-22)13-20-18-8-7-17(12-19(18)23(24)25)28(26,27)21-15(3)4/h7-8,12,14-16,20-21H,5-6,9-11,13H2,1-4H3. The molecule has 0 bridgehead atoms. The van der Waals surface area contributed by atoms with E-state index in [0.29, 0.717) is 24.2 Å². The number of nitro groups is 1. The van der Waals surface area contributed by atoms with E-state index in [9.17, 15) is 18.5 Å². The maximum atomic E-state index is 12.3. The van der Waals surface area contributed by atoms with Gasteiger partial charge in [0.15, 0.2) is 0 Å². The van der Waals surface area contributed by atoms with Crippen LogP contribution >= 0.6 is 0 Å². The van der Waals surface area contributed by atoms with Crippen molar-refractivity contribution in [3.05, 3.63) is 28.3 Å². The number of nitrogens with zero attached hydrogens (tertiary/aromatic N) is 2. The molecule has 0 spiro atoms.